The maximum Gasteiger partial charge on any atom is 0.257 e. The van der Waals surface area contributed by atoms with E-state index in [1.165, 1.54) is 0 Å². The van der Waals surface area contributed by atoms with Crippen molar-refractivity contribution in [2.24, 2.45) is 0 Å². The summed E-state index contributed by atoms with van der Waals surface area (Å²) in [4.78, 5) is 14.6. The van der Waals surface area contributed by atoms with Gasteiger partial charge < -0.3 is 14.4 Å². The molecule has 0 bridgehead atoms. The topological polar surface area (TPSA) is 38.8 Å². The van der Waals surface area contributed by atoms with E-state index in [9.17, 15) is 4.79 Å². The Balaban J connectivity index is 1.86. The monoisotopic (exact) mass is 335 g/mol. The van der Waals surface area contributed by atoms with Crippen molar-refractivity contribution < 1.29 is 14.3 Å². The van der Waals surface area contributed by atoms with Crippen molar-refractivity contribution in [1.29, 1.82) is 0 Å². The van der Waals surface area contributed by atoms with Crippen LogP contribution in [0.15, 0.2) is 60.7 Å². The highest BCUT2D eigenvalue weighted by atomic mass is 16.5. The highest BCUT2D eigenvalue weighted by Gasteiger charge is 2.18. The number of rotatable bonds is 5. The Labute approximate surface area is 147 Å². The van der Waals surface area contributed by atoms with Gasteiger partial charge in [0.1, 0.15) is 11.5 Å². The molecule has 0 aliphatic rings. The standard InChI is InChI=1S/C21H21NO3/c1-22(14-15-8-10-18(24-2)11-9-15)21(23)19-12-16-6-4-5-7-17(16)13-20(19)25-3/h4-13H,14H2,1-3H3. The van der Waals surface area contributed by atoms with E-state index in [1.807, 2.05) is 60.7 Å². The van der Waals surface area contributed by atoms with Crippen molar-refractivity contribution in [3.63, 3.8) is 0 Å². The van der Waals surface area contributed by atoms with Crippen molar-refractivity contribution >= 4 is 16.7 Å². The van der Waals surface area contributed by atoms with Gasteiger partial charge in [-0.25, -0.2) is 0 Å². The van der Waals surface area contributed by atoms with Crippen molar-refractivity contribution in [1.82, 2.24) is 4.90 Å². The Kier molecular flexibility index (Phi) is 4.89. The van der Waals surface area contributed by atoms with Crippen LogP contribution in [-0.4, -0.2) is 32.1 Å². The lowest BCUT2D eigenvalue weighted by Crippen LogP contribution is -2.26. The van der Waals surface area contributed by atoms with Gasteiger partial charge in [-0.15, -0.1) is 0 Å². The predicted molar refractivity (Wildman–Crippen MR) is 99.3 cm³/mol. The average molecular weight is 335 g/mol. The summed E-state index contributed by atoms with van der Waals surface area (Å²) in [5, 5.41) is 2.07. The summed E-state index contributed by atoms with van der Waals surface area (Å²) in [6, 6.07) is 19.4. The number of hydrogen-bond donors (Lipinski definition) is 0. The summed E-state index contributed by atoms with van der Waals surface area (Å²) < 4.78 is 10.6. The van der Waals surface area contributed by atoms with Gasteiger partial charge in [0, 0.05) is 13.6 Å². The molecule has 0 aliphatic carbocycles. The van der Waals surface area contributed by atoms with Gasteiger partial charge in [-0.2, -0.15) is 0 Å². The molecule has 0 atom stereocenters. The molecule has 0 aliphatic heterocycles. The first-order valence-corrected chi connectivity index (χ1v) is 8.07. The normalized spacial score (nSPS) is 10.5. The third kappa shape index (κ3) is 3.58. The van der Waals surface area contributed by atoms with E-state index in [2.05, 4.69) is 0 Å². The van der Waals surface area contributed by atoms with Crippen LogP contribution in [0.5, 0.6) is 11.5 Å². The molecular weight excluding hydrogens is 314 g/mol. The van der Waals surface area contributed by atoms with E-state index in [-0.39, 0.29) is 5.91 Å². The summed E-state index contributed by atoms with van der Waals surface area (Å²) in [5.74, 6) is 1.32. The zero-order valence-corrected chi connectivity index (χ0v) is 14.7. The number of ether oxygens (including phenoxy) is 2. The van der Waals surface area contributed by atoms with Crippen LogP contribution in [-0.2, 0) is 6.54 Å². The first kappa shape index (κ1) is 16.8. The van der Waals surface area contributed by atoms with E-state index in [0.717, 1.165) is 22.1 Å². The summed E-state index contributed by atoms with van der Waals surface area (Å²) in [6.45, 7) is 0.513. The fourth-order valence-electron chi connectivity index (χ4n) is 2.84. The van der Waals surface area contributed by atoms with E-state index in [4.69, 9.17) is 9.47 Å². The minimum Gasteiger partial charge on any atom is -0.497 e. The minimum absolute atomic E-state index is 0.0709. The van der Waals surface area contributed by atoms with Gasteiger partial charge in [-0.1, -0.05) is 36.4 Å². The molecule has 3 aromatic carbocycles. The summed E-state index contributed by atoms with van der Waals surface area (Å²) in [7, 11) is 5.02. The van der Waals surface area contributed by atoms with Gasteiger partial charge in [0.15, 0.2) is 0 Å². The van der Waals surface area contributed by atoms with Crippen molar-refractivity contribution in [2.75, 3.05) is 21.3 Å². The molecule has 0 unspecified atom stereocenters. The van der Waals surface area contributed by atoms with Crippen LogP contribution >= 0.6 is 0 Å². The lowest BCUT2D eigenvalue weighted by atomic mass is 10.0. The Morgan fingerprint density at radius 2 is 1.56 bits per heavy atom. The lowest BCUT2D eigenvalue weighted by molar-refractivity contribution is 0.0782. The molecule has 0 heterocycles. The van der Waals surface area contributed by atoms with Crippen LogP contribution in [0.4, 0.5) is 0 Å². The maximum atomic E-state index is 12.9. The minimum atomic E-state index is -0.0709. The van der Waals surface area contributed by atoms with Crippen molar-refractivity contribution in [2.45, 2.75) is 6.54 Å². The number of benzene rings is 3. The van der Waals surface area contributed by atoms with Crippen molar-refractivity contribution in [3.05, 3.63) is 71.8 Å². The average Bonchev–Trinajstić information content (AvgIpc) is 2.66. The lowest BCUT2D eigenvalue weighted by Gasteiger charge is -2.19. The quantitative estimate of drug-likeness (QED) is 0.704. The van der Waals surface area contributed by atoms with Gasteiger partial charge in [0.2, 0.25) is 0 Å². The Hall–Kier alpha value is -3.01. The van der Waals surface area contributed by atoms with Crippen molar-refractivity contribution in [3.8, 4) is 11.5 Å². The Bertz CT molecular complexity index is 887. The zero-order valence-electron chi connectivity index (χ0n) is 14.7. The van der Waals surface area contributed by atoms with Gasteiger partial charge in [-0.05, 0) is 40.6 Å². The zero-order chi connectivity index (χ0) is 17.8. The number of nitrogens with zero attached hydrogens (tertiary/aromatic N) is 1. The van der Waals surface area contributed by atoms with Crippen LogP contribution in [0.1, 0.15) is 15.9 Å². The number of hydrogen-bond acceptors (Lipinski definition) is 3. The van der Waals surface area contributed by atoms with Crippen LogP contribution in [0.25, 0.3) is 10.8 Å². The van der Waals surface area contributed by atoms with E-state index >= 15 is 0 Å². The Morgan fingerprint density at radius 1 is 0.920 bits per heavy atom. The maximum absolute atomic E-state index is 12.9. The number of amides is 1. The molecule has 4 heteroatoms. The van der Waals surface area contributed by atoms with Crippen LogP contribution in [0.2, 0.25) is 0 Å². The smallest absolute Gasteiger partial charge is 0.257 e. The fraction of sp³-hybridized carbons (Fsp3) is 0.190. The third-order valence-electron chi connectivity index (χ3n) is 4.22. The van der Waals surface area contributed by atoms with Gasteiger partial charge >= 0.3 is 0 Å². The first-order chi connectivity index (χ1) is 12.1. The molecule has 0 N–H and O–H groups in total. The largest absolute Gasteiger partial charge is 0.497 e. The number of methoxy groups -OCH3 is 2. The second-order valence-electron chi connectivity index (χ2n) is 5.91. The molecule has 4 nitrogen and oxygen atoms in total. The predicted octanol–water partition coefficient (Wildman–Crippen LogP) is 4.13. The summed E-state index contributed by atoms with van der Waals surface area (Å²) in [5.41, 5.74) is 1.61. The van der Waals surface area contributed by atoms with E-state index in [1.54, 1.807) is 26.2 Å². The van der Waals surface area contributed by atoms with Crippen LogP contribution in [0, 0.1) is 0 Å². The molecule has 25 heavy (non-hydrogen) atoms. The molecule has 0 saturated carbocycles. The number of fused-ring (bicyclic) bond motifs is 1. The first-order valence-electron chi connectivity index (χ1n) is 8.07. The molecule has 0 saturated heterocycles. The molecular formula is C21H21NO3. The van der Waals surface area contributed by atoms with Gasteiger partial charge in [0.05, 0.1) is 19.8 Å². The Morgan fingerprint density at radius 3 is 2.16 bits per heavy atom. The SMILES string of the molecule is COc1ccc(CN(C)C(=O)c2cc3ccccc3cc2OC)cc1. The molecule has 3 rings (SSSR count). The summed E-state index contributed by atoms with van der Waals surface area (Å²) >= 11 is 0. The highest BCUT2D eigenvalue weighted by Crippen LogP contribution is 2.27. The fourth-order valence-corrected chi connectivity index (χ4v) is 2.84. The summed E-state index contributed by atoms with van der Waals surface area (Å²) in [6.07, 6.45) is 0. The molecule has 0 radical (unpaired) electrons. The second kappa shape index (κ2) is 7.26. The molecule has 1 amide bonds. The molecule has 3 aromatic rings. The second-order valence-corrected chi connectivity index (χ2v) is 5.91. The van der Waals surface area contributed by atoms with Gasteiger partial charge in [-0.3, -0.25) is 4.79 Å². The third-order valence-corrected chi connectivity index (χ3v) is 4.22. The number of carbonyl (C=O) groups excluding carboxylic acids is 1. The van der Waals surface area contributed by atoms with E-state index in [0.29, 0.717) is 17.9 Å². The van der Waals surface area contributed by atoms with E-state index < -0.39 is 0 Å². The van der Waals surface area contributed by atoms with Gasteiger partial charge in [0.25, 0.3) is 5.91 Å². The molecule has 0 fully saturated rings. The molecule has 0 spiro atoms. The highest BCUT2D eigenvalue weighted by molar-refractivity contribution is 6.01. The molecule has 0 aromatic heterocycles. The van der Waals surface area contributed by atoms with Crippen LogP contribution < -0.4 is 9.47 Å². The number of carbonyl (C=O) groups is 1. The molecule has 128 valence electrons. The van der Waals surface area contributed by atoms with Crippen LogP contribution in [0.3, 0.4) is 0 Å².